The average Bonchev–Trinajstić information content (AvgIpc) is 3.53. The maximum Gasteiger partial charge on any atom is 0.141 e. The Labute approximate surface area is 224 Å². The lowest BCUT2D eigenvalue weighted by atomic mass is 10.1. The third kappa shape index (κ3) is 6.05. The molecule has 0 atom stereocenters. The van der Waals surface area contributed by atoms with E-state index in [1.165, 1.54) is 37.9 Å². The number of likely N-dealkylation sites (tertiary alicyclic amines) is 1. The fourth-order valence-corrected chi connectivity index (χ4v) is 5.60. The molecule has 1 fully saturated rings. The van der Waals surface area contributed by atoms with Crippen LogP contribution in [-0.2, 0) is 13.0 Å². The van der Waals surface area contributed by atoms with Gasteiger partial charge in [-0.3, -0.25) is 0 Å². The maximum atomic E-state index is 6.24. The molecule has 0 bridgehead atoms. The number of fused-ring (bicyclic) bond motifs is 1. The number of benzene rings is 2. The van der Waals surface area contributed by atoms with Gasteiger partial charge in [-0.05, 0) is 95.9 Å². The Bertz CT molecular complexity index is 1280. The standard InChI is InChI=1S/C27H30IN5OS/c28-19-34-22-9-6-20(7-10-22)17-26-31-23-18-21(30-27(29)25-5-4-16-35-25)8-11-24(23)33(26)15-14-32-12-2-1-3-13-32/h4-11,16,18H,1-3,12-15,17,19H2,(H2,29,30). The minimum absolute atomic E-state index is 0.540. The van der Waals surface area contributed by atoms with Crippen molar-refractivity contribution in [2.45, 2.75) is 32.2 Å². The first kappa shape index (κ1) is 24.3. The molecule has 1 aliphatic rings. The molecule has 2 aromatic heterocycles. The summed E-state index contributed by atoms with van der Waals surface area (Å²) < 4.78 is 8.63. The number of hydrogen-bond acceptors (Lipinski definition) is 5. The molecule has 0 radical (unpaired) electrons. The summed E-state index contributed by atoms with van der Waals surface area (Å²) in [6, 6.07) is 18.6. The molecule has 2 aromatic carbocycles. The summed E-state index contributed by atoms with van der Waals surface area (Å²) >= 11 is 3.81. The van der Waals surface area contributed by atoms with Gasteiger partial charge in [-0.2, -0.15) is 0 Å². The van der Waals surface area contributed by atoms with Crippen molar-refractivity contribution < 1.29 is 4.74 Å². The van der Waals surface area contributed by atoms with E-state index in [2.05, 4.69) is 55.2 Å². The lowest BCUT2D eigenvalue weighted by molar-refractivity contribution is 0.221. The highest BCUT2D eigenvalue weighted by molar-refractivity contribution is 14.1. The number of ether oxygens (including phenoxy) is 1. The minimum atomic E-state index is 0.540. The quantitative estimate of drug-likeness (QED) is 0.111. The van der Waals surface area contributed by atoms with Crippen LogP contribution in [0.3, 0.4) is 0 Å². The first-order chi connectivity index (χ1) is 17.2. The van der Waals surface area contributed by atoms with Gasteiger partial charge in [0.2, 0.25) is 0 Å². The molecule has 0 aliphatic carbocycles. The maximum absolute atomic E-state index is 6.24. The number of alkyl halides is 1. The summed E-state index contributed by atoms with van der Waals surface area (Å²) in [5.74, 6) is 2.51. The van der Waals surface area contributed by atoms with Crippen LogP contribution in [-0.4, -0.2) is 44.5 Å². The van der Waals surface area contributed by atoms with E-state index in [9.17, 15) is 0 Å². The summed E-state index contributed by atoms with van der Waals surface area (Å²) in [6.07, 6.45) is 4.73. The zero-order valence-corrected chi connectivity index (χ0v) is 22.7. The van der Waals surface area contributed by atoms with Gasteiger partial charge in [0.1, 0.15) is 22.0 Å². The molecular formula is C27H30IN5OS. The van der Waals surface area contributed by atoms with Gasteiger partial charge in [-0.1, -0.05) is 24.6 Å². The van der Waals surface area contributed by atoms with Gasteiger partial charge in [0.15, 0.2) is 0 Å². The van der Waals surface area contributed by atoms with Crippen molar-refractivity contribution in [3.63, 3.8) is 0 Å². The van der Waals surface area contributed by atoms with Crippen LogP contribution < -0.4 is 10.5 Å². The van der Waals surface area contributed by atoms with Crippen LogP contribution in [0, 0.1) is 0 Å². The molecule has 182 valence electrons. The molecule has 1 saturated heterocycles. The zero-order chi connectivity index (χ0) is 24.0. The number of hydrogen-bond donors (Lipinski definition) is 1. The van der Waals surface area contributed by atoms with Crippen LogP contribution in [0.1, 0.15) is 35.5 Å². The largest absolute Gasteiger partial charge is 0.483 e. The average molecular weight is 600 g/mol. The van der Waals surface area contributed by atoms with E-state index >= 15 is 0 Å². The lowest BCUT2D eigenvalue weighted by Gasteiger charge is -2.26. The predicted molar refractivity (Wildman–Crippen MR) is 153 cm³/mol. The number of amidine groups is 1. The van der Waals surface area contributed by atoms with Crippen LogP contribution in [0.2, 0.25) is 0 Å². The monoisotopic (exact) mass is 599 g/mol. The fraction of sp³-hybridized carbons (Fsp3) is 0.333. The molecule has 0 amide bonds. The van der Waals surface area contributed by atoms with Gasteiger partial charge in [0.25, 0.3) is 0 Å². The molecule has 0 saturated carbocycles. The summed E-state index contributed by atoms with van der Waals surface area (Å²) in [5, 5.41) is 2.01. The first-order valence-electron chi connectivity index (χ1n) is 12.1. The van der Waals surface area contributed by atoms with Crippen LogP contribution in [0.15, 0.2) is 65.0 Å². The SMILES string of the molecule is NC(=Nc1ccc2c(c1)nc(Cc1ccc(OCI)cc1)n2CCN1CCCCC1)c1cccs1. The van der Waals surface area contributed by atoms with E-state index in [0.717, 1.165) is 52.7 Å². The number of thiophene rings is 1. The number of imidazole rings is 1. The van der Waals surface area contributed by atoms with Crippen molar-refractivity contribution in [3.8, 4) is 5.75 Å². The number of halogens is 1. The topological polar surface area (TPSA) is 68.7 Å². The number of aromatic nitrogens is 2. The molecule has 4 aromatic rings. The van der Waals surface area contributed by atoms with Crippen molar-refractivity contribution in [1.29, 1.82) is 0 Å². The summed E-state index contributed by atoms with van der Waals surface area (Å²) in [4.78, 5) is 13.3. The summed E-state index contributed by atoms with van der Waals surface area (Å²) in [5.41, 5.74) is 10.4. The normalized spacial score (nSPS) is 15.1. The lowest BCUT2D eigenvalue weighted by Crippen LogP contribution is -2.32. The fourth-order valence-electron chi connectivity index (χ4n) is 4.61. The van der Waals surface area contributed by atoms with E-state index in [1.54, 1.807) is 11.3 Å². The Morgan fingerprint density at radius 3 is 2.63 bits per heavy atom. The number of aliphatic imine (C=N–C) groups is 1. The highest BCUT2D eigenvalue weighted by atomic mass is 127. The third-order valence-corrected chi connectivity index (χ3v) is 7.63. The smallest absolute Gasteiger partial charge is 0.141 e. The van der Waals surface area contributed by atoms with E-state index in [1.807, 2.05) is 41.8 Å². The number of nitrogens with zero attached hydrogens (tertiary/aromatic N) is 4. The molecule has 2 N–H and O–H groups in total. The second kappa shape index (κ2) is 11.5. The second-order valence-electron chi connectivity index (χ2n) is 8.80. The Morgan fingerprint density at radius 1 is 1.06 bits per heavy atom. The molecular weight excluding hydrogens is 569 g/mol. The van der Waals surface area contributed by atoms with Gasteiger partial charge >= 0.3 is 0 Å². The Morgan fingerprint density at radius 2 is 1.89 bits per heavy atom. The predicted octanol–water partition coefficient (Wildman–Crippen LogP) is 5.98. The number of nitrogens with two attached hydrogens (primary N) is 1. The molecule has 0 unspecified atom stereocenters. The van der Waals surface area contributed by atoms with Crippen LogP contribution in [0.25, 0.3) is 11.0 Å². The van der Waals surface area contributed by atoms with Crippen molar-refractivity contribution in [2.75, 3.05) is 24.2 Å². The molecule has 35 heavy (non-hydrogen) atoms. The Kier molecular flexibility index (Phi) is 8.00. The minimum Gasteiger partial charge on any atom is -0.483 e. The number of piperidine rings is 1. The van der Waals surface area contributed by atoms with Gasteiger partial charge in [-0.15, -0.1) is 11.3 Å². The molecule has 3 heterocycles. The molecule has 0 spiro atoms. The molecule has 1 aliphatic heterocycles. The van der Waals surface area contributed by atoms with Crippen molar-refractivity contribution in [1.82, 2.24) is 14.5 Å². The van der Waals surface area contributed by atoms with Gasteiger partial charge in [-0.25, -0.2) is 9.98 Å². The van der Waals surface area contributed by atoms with Crippen molar-refractivity contribution in [3.05, 3.63) is 76.2 Å². The van der Waals surface area contributed by atoms with E-state index in [4.69, 9.17) is 15.5 Å². The molecule has 6 nitrogen and oxygen atoms in total. The highest BCUT2D eigenvalue weighted by Crippen LogP contribution is 2.25. The van der Waals surface area contributed by atoms with E-state index < -0.39 is 0 Å². The van der Waals surface area contributed by atoms with Gasteiger partial charge < -0.3 is 19.9 Å². The third-order valence-electron chi connectivity index (χ3n) is 6.43. The van der Waals surface area contributed by atoms with E-state index in [0.29, 0.717) is 10.4 Å². The van der Waals surface area contributed by atoms with Crippen LogP contribution in [0.5, 0.6) is 5.75 Å². The summed E-state index contributed by atoms with van der Waals surface area (Å²) in [7, 11) is 0. The van der Waals surface area contributed by atoms with Gasteiger partial charge in [0.05, 0.1) is 21.6 Å². The highest BCUT2D eigenvalue weighted by Gasteiger charge is 2.15. The summed E-state index contributed by atoms with van der Waals surface area (Å²) in [6.45, 7) is 4.37. The first-order valence-corrected chi connectivity index (χ1v) is 14.5. The zero-order valence-electron chi connectivity index (χ0n) is 19.7. The number of rotatable bonds is 9. The van der Waals surface area contributed by atoms with Crippen molar-refractivity contribution in [2.24, 2.45) is 10.7 Å². The van der Waals surface area contributed by atoms with Crippen LogP contribution >= 0.6 is 33.9 Å². The second-order valence-corrected chi connectivity index (χ2v) is 10.4. The van der Waals surface area contributed by atoms with E-state index in [-0.39, 0.29) is 0 Å². The molecule has 8 heteroatoms. The Balaban J connectivity index is 1.44. The van der Waals surface area contributed by atoms with Crippen molar-refractivity contribution >= 4 is 56.5 Å². The van der Waals surface area contributed by atoms with Gasteiger partial charge in [0, 0.05) is 19.5 Å². The Hall–Kier alpha value is -2.43. The van der Waals surface area contributed by atoms with Crippen LogP contribution in [0.4, 0.5) is 5.69 Å². The molecule has 5 rings (SSSR count).